The third-order valence-electron chi connectivity index (χ3n) is 11.1. The number of allylic oxidation sites excluding steroid dienone is 4. The maximum Gasteiger partial charge on any atom is 0.472 e. The van der Waals surface area contributed by atoms with E-state index in [-0.39, 0.29) is 25.6 Å². The molecule has 0 fully saturated rings. The second kappa shape index (κ2) is 47.0. The molecule has 0 aliphatic heterocycles. The number of nitrogens with one attached hydrogen (secondary N) is 1. The zero-order valence-electron chi connectivity index (χ0n) is 39.4. The van der Waals surface area contributed by atoms with Crippen molar-refractivity contribution in [1.29, 1.82) is 0 Å². The van der Waals surface area contributed by atoms with E-state index in [0.29, 0.717) is 19.4 Å². The van der Waals surface area contributed by atoms with E-state index < -0.39 is 26.5 Å². The lowest BCUT2D eigenvalue weighted by atomic mass is 10.0. The average Bonchev–Trinajstić information content (AvgIpc) is 3.23. The summed E-state index contributed by atoms with van der Waals surface area (Å²) in [4.78, 5) is 35.2. The highest BCUT2D eigenvalue weighted by molar-refractivity contribution is 7.47. The molecule has 0 spiro atoms. The van der Waals surface area contributed by atoms with Gasteiger partial charge in [-0.05, 0) is 52.0 Å². The molecule has 60 heavy (non-hydrogen) atoms. The summed E-state index contributed by atoms with van der Waals surface area (Å²) in [6.07, 6.45) is 50.8. The van der Waals surface area contributed by atoms with Gasteiger partial charge in [-0.2, -0.15) is 0 Å². The molecule has 0 aliphatic rings. The van der Waals surface area contributed by atoms with Crippen molar-refractivity contribution >= 4 is 19.8 Å². The predicted octanol–water partition coefficient (Wildman–Crippen LogP) is 15.0. The SMILES string of the molecule is CCCCC/C=C\C/C=C\CCCCCCCCCCCC(=O)OC(COC(=O)CCCCCCCCCCCCCCCCCCCCC)COP(=O)(O)OCCNC. The normalized spacial score (nSPS) is 13.3. The van der Waals surface area contributed by atoms with Gasteiger partial charge in [0.25, 0.3) is 0 Å². The summed E-state index contributed by atoms with van der Waals surface area (Å²) < 4.78 is 33.3. The summed E-state index contributed by atoms with van der Waals surface area (Å²) in [6, 6.07) is 0. The quantitative estimate of drug-likeness (QED) is 0.0266. The maximum atomic E-state index is 12.7. The van der Waals surface area contributed by atoms with Crippen molar-refractivity contribution < 1.29 is 37.6 Å². The van der Waals surface area contributed by atoms with E-state index in [1.165, 1.54) is 167 Å². The molecule has 0 aromatic carbocycles. The molecule has 0 bridgehead atoms. The van der Waals surface area contributed by atoms with Crippen molar-refractivity contribution in [3.63, 3.8) is 0 Å². The summed E-state index contributed by atoms with van der Waals surface area (Å²) in [5.41, 5.74) is 0. The van der Waals surface area contributed by atoms with Gasteiger partial charge in [0, 0.05) is 19.4 Å². The predicted molar refractivity (Wildman–Crippen MR) is 252 cm³/mol. The smallest absolute Gasteiger partial charge is 0.462 e. The molecule has 0 aromatic heterocycles. The fourth-order valence-electron chi connectivity index (χ4n) is 7.23. The molecular weight excluding hydrogens is 774 g/mol. The van der Waals surface area contributed by atoms with Crippen LogP contribution < -0.4 is 5.32 Å². The second-order valence-electron chi connectivity index (χ2n) is 17.0. The number of carbonyl (C=O) groups excluding carboxylic acids is 2. The number of hydrogen-bond donors (Lipinski definition) is 2. The average molecular weight is 870 g/mol. The molecule has 354 valence electrons. The highest BCUT2D eigenvalue weighted by Crippen LogP contribution is 2.43. The van der Waals surface area contributed by atoms with Gasteiger partial charge >= 0.3 is 19.8 Å². The monoisotopic (exact) mass is 870 g/mol. The minimum Gasteiger partial charge on any atom is -0.462 e. The van der Waals surface area contributed by atoms with Gasteiger partial charge in [-0.15, -0.1) is 0 Å². The van der Waals surface area contributed by atoms with Crippen LogP contribution in [0.15, 0.2) is 24.3 Å². The summed E-state index contributed by atoms with van der Waals surface area (Å²) in [7, 11) is -2.65. The highest BCUT2D eigenvalue weighted by atomic mass is 31.2. The third kappa shape index (κ3) is 46.0. The number of phosphoric acid groups is 1. The molecule has 0 saturated carbocycles. The lowest BCUT2D eigenvalue weighted by Gasteiger charge is -2.20. The minimum atomic E-state index is -4.35. The second-order valence-corrected chi connectivity index (χ2v) is 18.5. The molecule has 2 atom stereocenters. The molecule has 0 aliphatic carbocycles. The Bertz CT molecular complexity index is 1040. The Hall–Kier alpha value is -1.51. The number of unbranched alkanes of at least 4 members (excludes halogenated alkanes) is 30. The molecule has 0 saturated heterocycles. The van der Waals surface area contributed by atoms with Crippen molar-refractivity contribution in [3.8, 4) is 0 Å². The lowest BCUT2D eigenvalue weighted by molar-refractivity contribution is -0.161. The molecule has 0 aromatic rings. The van der Waals surface area contributed by atoms with Crippen LogP contribution in [0.5, 0.6) is 0 Å². The summed E-state index contributed by atoms with van der Waals surface area (Å²) in [5, 5.41) is 2.83. The number of phosphoric ester groups is 1. The van der Waals surface area contributed by atoms with Crippen LogP contribution in [0.4, 0.5) is 0 Å². The van der Waals surface area contributed by atoms with Gasteiger partial charge in [-0.3, -0.25) is 18.6 Å². The van der Waals surface area contributed by atoms with E-state index in [4.69, 9.17) is 18.5 Å². The van der Waals surface area contributed by atoms with Gasteiger partial charge in [0.2, 0.25) is 0 Å². The van der Waals surface area contributed by atoms with Gasteiger partial charge in [0.05, 0.1) is 13.2 Å². The van der Waals surface area contributed by atoms with Crippen LogP contribution in [0.3, 0.4) is 0 Å². The van der Waals surface area contributed by atoms with E-state index in [1.54, 1.807) is 7.05 Å². The van der Waals surface area contributed by atoms with Crippen LogP contribution in [-0.2, 0) is 32.7 Å². The molecule has 0 radical (unpaired) electrons. The Labute approximate surface area is 370 Å². The van der Waals surface area contributed by atoms with E-state index in [1.807, 2.05) is 0 Å². The third-order valence-corrected chi connectivity index (χ3v) is 12.1. The fourth-order valence-corrected chi connectivity index (χ4v) is 7.98. The van der Waals surface area contributed by atoms with E-state index in [0.717, 1.165) is 44.9 Å². The Kier molecular flexibility index (Phi) is 45.8. The van der Waals surface area contributed by atoms with Crippen molar-refractivity contribution in [2.24, 2.45) is 0 Å². The van der Waals surface area contributed by atoms with Crippen LogP contribution in [0.25, 0.3) is 0 Å². The van der Waals surface area contributed by atoms with Crippen LogP contribution in [0, 0.1) is 0 Å². The Morgan fingerprint density at radius 2 is 0.900 bits per heavy atom. The summed E-state index contributed by atoms with van der Waals surface area (Å²) in [6.45, 7) is 4.24. The summed E-state index contributed by atoms with van der Waals surface area (Å²) >= 11 is 0. The zero-order chi connectivity index (χ0) is 43.9. The molecule has 0 heterocycles. The van der Waals surface area contributed by atoms with Crippen molar-refractivity contribution in [2.75, 3.05) is 33.4 Å². The minimum absolute atomic E-state index is 0.0155. The number of ether oxygens (including phenoxy) is 2. The van der Waals surface area contributed by atoms with Gasteiger partial charge in [-0.1, -0.05) is 212 Å². The number of likely N-dealkylation sites (N-methyl/N-ethyl adjacent to an activating group) is 1. The van der Waals surface area contributed by atoms with Crippen LogP contribution >= 0.6 is 7.82 Å². The first-order chi connectivity index (χ1) is 29.3. The standard InChI is InChI=1S/C50H96NO8P/c1-4-6-8-10-12-14-16-18-20-22-24-26-28-30-32-34-36-38-40-42-49(52)56-46-48(47-58-60(54,55)57-45-44-51-3)59-50(53)43-41-39-37-35-33-31-29-27-25-23-21-19-17-15-13-11-9-7-5-2/h13,15,19,21,48,51H,4-12,14,16-18,20,22-47H2,1-3H3,(H,54,55)/b15-13-,21-19-. The molecule has 10 heteroatoms. The topological polar surface area (TPSA) is 120 Å². The first kappa shape index (κ1) is 58.5. The van der Waals surface area contributed by atoms with Crippen molar-refractivity contribution in [3.05, 3.63) is 24.3 Å². The van der Waals surface area contributed by atoms with Gasteiger partial charge in [0.1, 0.15) is 6.61 Å². The van der Waals surface area contributed by atoms with Crippen LogP contribution in [0.1, 0.15) is 245 Å². The molecule has 9 nitrogen and oxygen atoms in total. The molecular formula is C50H96NO8P. The number of esters is 2. The number of carbonyl (C=O) groups is 2. The number of rotatable bonds is 48. The van der Waals surface area contributed by atoms with Gasteiger partial charge in [-0.25, -0.2) is 4.57 Å². The van der Waals surface area contributed by atoms with E-state index >= 15 is 0 Å². The Morgan fingerprint density at radius 3 is 1.35 bits per heavy atom. The lowest BCUT2D eigenvalue weighted by Crippen LogP contribution is -2.29. The van der Waals surface area contributed by atoms with E-state index in [2.05, 4.69) is 43.5 Å². The van der Waals surface area contributed by atoms with Gasteiger partial charge in [0.15, 0.2) is 6.10 Å². The molecule has 0 rings (SSSR count). The van der Waals surface area contributed by atoms with Crippen molar-refractivity contribution in [2.45, 2.75) is 251 Å². The Morgan fingerprint density at radius 1 is 0.517 bits per heavy atom. The van der Waals surface area contributed by atoms with Gasteiger partial charge < -0.3 is 19.7 Å². The maximum absolute atomic E-state index is 12.7. The largest absolute Gasteiger partial charge is 0.472 e. The highest BCUT2D eigenvalue weighted by Gasteiger charge is 2.26. The summed E-state index contributed by atoms with van der Waals surface area (Å²) in [5.74, 6) is -0.798. The fraction of sp³-hybridized carbons (Fsp3) is 0.880. The first-order valence-corrected chi connectivity index (χ1v) is 26.8. The molecule has 2 N–H and O–H groups in total. The molecule has 0 amide bonds. The van der Waals surface area contributed by atoms with Crippen molar-refractivity contribution in [1.82, 2.24) is 5.32 Å². The van der Waals surface area contributed by atoms with Crippen LogP contribution in [-0.4, -0.2) is 56.3 Å². The molecule has 2 unspecified atom stereocenters. The van der Waals surface area contributed by atoms with E-state index in [9.17, 15) is 19.0 Å². The first-order valence-electron chi connectivity index (χ1n) is 25.3. The number of hydrogen-bond acceptors (Lipinski definition) is 8. The Balaban J connectivity index is 4.10. The van der Waals surface area contributed by atoms with Crippen LogP contribution in [0.2, 0.25) is 0 Å². The zero-order valence-corrected chi connectivity index (χ0v) is 40.3.